The molecule has 0 bridgehead atoms. The van der Waals surface area contributed by atoms with Crippen molar-refractivity contribution in [2.45, 2.75) is 67.5 Å². The Morgan fingerprint density at radius 3 is 1.86 bits per heavy atom. The van der Waals surface area contributed by atoms with E-state index in [1.54, 1.807) is 0 Å². The average molecular weight is 493 g/mol. The van der Waals surface area contributed by atoms with Gasteiger partial charge in [0.1, 0.15) is 12.0 Å². The standard InChI is InChI=1S/C10H6N2O4.C8H18N2O.2C4H10/c13-6-8-5-10(16-11-8)7-1-3-9(4-2-7)12(14)15;1-7(9-3)5-10(4)8(2)6-11;2*1-4(2)3/h1-6H;6-9H,5H2,1-4H3;2*4H,1-3H3. The van der Waals surface area contributed by atoms with E-state index in [2.05, 4.69) is 58.9 Å². The van der Waals surface area contributed by atoms with E-state index in [-0.39, 0.29) is 17.4 Å². The average Bonchev–Trinajstić information content (AvgIpc) is 3.27. The Hall–Kier alpha value is -2.91. The maximum Gasteiger partial charge on any atom is 0.269 e. The van der Waals surface area contributed by atoms with E-state index in [0.29, 0.717) is 23.7 Å². The van der Waals surface area contributed by atoms with Crippen LogP contribution in [0, 0.1) is 22.0 Å². The Balaban J connectivity index is 0. The summed E-state index contributed by atoms with van der Waals surface area (Å²) in [5.74, 6) is 2.07. The Morgan fingerprint density at radius 1 is 1.03 bits per heavy atom. The number of benzene rings is 1. The highest BCUT2D eigenvalue weighted by Gasteiger charge is 2.10. The van der Waals surface area contributed by atoms with Crippen molar-refractivity contribution in [1.82, 2.24) is 15.4 Å². The van der Waals surface area contributed by atoms with Crippen LogP contribution >= 0.6 is 0 Å². The van der Waals surface area contributed by atoms with E-state index in [0.717, 1.165) is 24.7 Å². The van der Waals surface area contributed by atoms with Crippen LogP contribution in [0.4, 0.5) is 5.69 Å². The summed E-state index contributed by atoms with van der Waals surface area (Å²) in [6, 6.07) is 7.71. The molecule has 2 atom stereocenters. The molecule has 0 spiro atoms. The van der Waals surface area contributed by atoms with E-state index < -0.39 is 4.92 Å². The van der Waals surface area contributed by atoms with Crippen LogP contribution in [0.2, 0.25) is 0 Å². The number of non-ortho nitro benzene ring substituents is 1. The molecule has 35 heavy (non-hydrogen) atoms. The third-order valence-electron chi connectivity index (χ3n) is 3.96. The largest absolute Gasteiger partial charge is 0.356 e. The number of aromatic nitrogens is 1. The van der Waals surface area contributed by atoms with Gasteiger partial charge in [0, 0.05) is 36.3 Å². The third-order valence-corrected chi connectivity index (χ3v) is 3.96. The lowest BCUT2D eigenvalue weighted by atomic mass is 10.1. The molecule has 2 aromatic rings. The normalized spacial score (nSPS) is 11.8. The smallest absolute Gasteiger partial charge is 0.269 e. The Labute approximate surface area is 210 Å². The van der Waals surface area contributed by atoms with Gasteiger partial charge in [-0.15, -0.1) is 0 Å². The Bertz CT molecular complexity index is 823. The molecule has 9 nitrogen and oxygen atoms in total. The second kappa shape index (κ2) is 19.4. The van der Waals surface area contributed by atoms with Crippen molar-refractivity contribution in [3.63, 3.8) is 0 Å². The zero-order chi connectivity index (χ0) is 27.6. The SMILES string of the molecule is CC(C)C.CC(C)C.CNC(C)CN(C)C(C)C=O.O=Cc1cc(-c2ccc([N+](=O)[O-])cc2)on1. The third kappa shape index (κ3) is 18.1. The number of nitrogens with one attached hydrogen (secondary N) is 1. The molecule has 1 aromatic heterocycles. The zero-order valence-electron chi connectivity index (χ0n) is 22.9. The van der Waals surface area contributed by atoms with Crippen LogP contribution in [0.15, 0.2) is 34.9 Å². The molecule has 1 heterocycles. The number of carbonyl (C=O) groups is 2. The molecule has 0 aliphatic carbocycles. The minimum absolute atomic E-state index is 0.00104. The predicted molar refractivity (Wildman–Crippen MR) is 142 cm³/mol. The first-order valence-corrected chi connectivity index (χ1v) is 11.8. The van der Waals surface area contributed by atoms with E-state index >= 15 is 0 Å². The van der Waals surface area contributed by atoms with Crippen molar-refractivity contribution in [2.75, 3.05) is 20.6 Å². The fourth-order valence-electron chi connectivity index (χ4n) is 2.02. The van der Waals surface area contributed by atoms with E-state index in [4.69, 9.17) is 4.52 Å². The van der Waals surface area contributed by atoms with Crippen molar-refractivity contribution in [3.05, 3.63) is 46.1 Å². The number of nitrogens with zero attached hydrogens (tertiary/aromatic N) is 3. The van der Waals surface area contributed by atoms with Crippen molar-refractivity contribution < 1.29 is 19.0 Å². The summed E-state index contributed by atoms with van der Waals surface area (Å²) >= 11 is 0. The molecule has 2 unspecified atom stereocenters. The molecule has 0 saturated heterocycles. The van der Waals surface area contributed by atoms with Gasteiger partial charge in [-0.1, -0.05) is 46.7 Å². The first kappa shape index (κ1) is 34.3. The first-order chi connectivity index (χ1) is 16.3. The van der Waals surface area contributed by atoms with Crippen molar-refractivity contribution >= 4 is 18.3 Å². The highest BCUT2D eigenvalue weighted by molar-refractivity contribution is 5.74. The first-order valence-electron chi connectivity index (χ1n) is 11.8. The van der Waals surface area contributed by atoms with Crippen molar-refractivity contribution in [3.8, 4) is 11.3 Å². The van der Waals surface area contributed by atoms with Gasteiger partial charge >= 0.3 is 0 Å². The number of rotatable bonds is 8. The number of nitro benzene ring substituents is 1. The lowest BCUT2D eigenvalue weighted by molar-refractivity contribution is -0.384. The number of hydrogen-bond donors (Lipinski definition) is 1. The molecule has 0 radical (unpaired) electrons. The minimum Gasteiger partial charge on any atom is -0.356 e. The number of nitro groups is 1. The van der Waals surface area contributed by atoms with Gasteiger partial charge in [0.2, 0.25) is 0 Å². The van der Waals surface area contributed by atoms with Gasteiger partial charge in [-0.05, 0) is 51.9 Å². The lowest BCUT2D eigenvalue weighted by Crippen LogP contribution is -2.40. The summed E-state index contributed by atoms with van der Waals surface area (Å²) in [5.41, 5.74) is 0.818. The number of aldehydes is 2. The number of likely N-dealkylation sites (N-methyl/N-ethyl adjacent to an activating group) is 2. The predicted octanol–water partition coefficient (Wildman–Crippen LogP) is 5.50. The van der Waals surface area contributed by atoms with Crippen LogP contribution in [0.25, 0.3) is 11.3 Å². The van der Waals surface area contributed by atoms with Crippen LogP contribution < -0.4 is 5.32 Å². The van der Waals surface area contributed by atoms with Gasteiger partial charge in [0.05, 0.1) is 11.0 Å². The van der Waals surface area contributed by atoms with Gasteiger partial charge in [0.25, 0.3) is 5.69 Å². The van der Waals surface area contributed by atoms with Crippen LogP contribution in [0.5, 0.6) is 0 Å². The van der Waals surface area contributed by atoms with E-state index in [1.165, 1.54) is 30.3 Å². The summed E-state index contributed by atoms with van der Waals surface area (Å²) in [6.45, 7) is 17.9. The molecule has 0 aliphatic heterocycles. The molecule has 0 fully saturated rings. The minimum atomic E-state index is -0.485. The van der Waals surface area contributed by atoms with Gasteiger partial charge in [-0.3, -0.25) is 19.8 Å². The van der Waals surface area contributed by atoms with Gasteiger partial charge in [0.15, 0.2) is 12.0 Å². The Kier molecular flexibility index (Phi) is 19.0. The number of carbonyl (C=O) groups excluding carboxylic acids is 2. The van der Waals surface area contributed by atoms with Crippen molar-refractivity contribution in [1.29, 1.82) is 0 Å². The molecule has 0 saturated carbocycles. The van der Waals surface area contributed by atoms with Gasteiger partial charge < -0.3 is 14.6 Å². The molecule has 1 N–H and O–H groups in total. The second-order valence-electron chi connectivity index (χ2n) is 9.51. The highest BCUT2D eigenvalue weighted by Crippen LogP contribution is 2.22. The topological polar surface area (TPSA) is 119 Å². The van der Waals surface area contributed by atoms with Crippen LogP contribution in [0.3, 0.4) is 0 Å². The van der Waals surface area contributed by atoms with Gasteiger partial charge in [-0.2, -0.15) is 0 Å². The summed E-state index contributed by atoms with van der Waals surface area (Å²) in [5, 5.41) is 17.0. The highest BCUT2D eigenvalue weighted by atomic mass is 16.6. The molecular formula is C26H44N4O5. The van der Waals surface area contributed by atoms with E-state index in [1.807, 2.05) is 25.9 Å². The molecule has 0 amide bonds. The summed E-state index contributed by atoms with van der Waals surface area (Å²) in [4.78, 5) is 32.7. The Morgan fingerprint density at radius 2 is 1.51 bits per heavy atom. The fourth-order valence-corrected chi connectivity index (χ4v) is 2.02. The fraction of sp³-hybridized carbons (Fsp3) is 0.577. The summed E-state index contributed by atoms with van der Waals surface area (Å²) in [6.07, 6.45) is 1.53. The zero-order valence-corrected chi connectivity index (χ0v) is 22.9. The lowest BCUT2D eigenvalue weighted by Gasteiger charge is -2.23. The van der Waals surface area contributed by atoms with Gasteiger partial charge in [-0.25, -0.2) is 0 Å². The van der Waals surface area contributed by atoms with Crippen LogP contribution in [-0.4, -0.2) is 60.3 Å². The maximum atomic E-state index is 10.4. The molecule has 1 aromatic carbocycles. The van der Waals surface area contributed by atoms with Crippen LogP contribution in [0.1, 0.15) is 65.9 Å². The quantitative estimate of drug-likeness (QED) is 0.291. The van der Waals surface area contributed by atoms with Crippen molar-refractivity contribution in [2.24, 2.45) is 11.8 Å². The molecular weight excluding hydrogens is 448 g/mol. The second-order valence-corrected chi connectivity index (χ2v) is 9.51. The molecule has 2 rings (SSSR count). The van der Waals surface area contributed by atoms with Crippen LogP contribution in [-0.2, 0) is 4.79 Å². The molecule has 0 aliphatic rings. The summed E-state index contributed by atoms with van der Waals surface area (Å²) in [7, 11) is 3.87. The molecule has 198 valence electrons. The monoisotopic (exact) mass is 492 g/mol. The molecule has 9 heteroatoms. The summed E-state index contributed by atoms with van der Waals surface area (Å²) < 4.78 is 4.89. The van der Waals surface area contributed by atoms with E-state index in [9.17, 15) is 19.7 Å². The number of hydrogen-bond acceptors (Lipinski definition) is 8. The maximum absolute atomic E-state index is 10.4.